The minimum Gasteiger partial charge on any atom is -0.314 e. The number of piperidine rings is 1. The van der Waals surface area contributed by atoms with Crippen LogP contribution in [-0.2, 0) is 6.54 Å². The zero-order valence-corrected chi connectivity index (χ0v) is 12.6. The molecule has 0 spiro atoms. The Kier molecular flexibility index (Phi) is 4.41. The Balaban J connectivity index is 1.95. The summed E-state index contributed by atoms with van der Waals surface area (Å²) in [6, 6.07) is 5.31. The van der Waals surface area contributed by atoms with Gasteiger partial charge in [0.1, 0.15) is 5.82 Å². The Bertz CT molecular complexity index is 414. The van der Waals surface area contributed by atoms with Crippen molar-refractivity contribution in [1.82, 2.24) is 10.2 Å². The molecule has 1 aromatic carbocycles. The maximum atomic E-state index is 13.8. The molecule has 1 fully saturated rings. The van der Waals surface area contributed by atoms with Crippen molar-refractivity contribution < 1.29 is 4.39 Å². The largest absolute Gasteiger partial charge is 0.314 e. The number of likely N-dealkylation sites (tertiary alicyclic amines) is 1. The molecule has 1 aliphatic heterocycles. The first kappa shape index (κ1) is 14.0. The van der Waals surface area contributed by atoms with Crippen LogP contribution in [0, 0.1) is 5.82 Å². The van der Waals surface area contributed by atoms with Gasteiger partial charge in [0, 0.05) is 35.2 Å². The summed E-state index contributed by atoms with van der Waals surface area (Å²) in [5.74, 6) is -0.119. The van der Waals surface area contributed by atoms with Gasteiger partial charge >= 0.3 is 0 Å². The Morgan fingerprint density at radius 2 is 2.06 bits per heavy atom. The van der Waals surface area contributed by atoms with Crippen molar-refractivity contribution in [3.63, 3.8) is 0 Å². The second-order valence-electron chi connectivity index (χ2n) is 5.32. The van der Waals surface area contributed by atoms with E-state index >= 15 is 0 Å². The molecule has 1 heterocycles. The second kappa shape index (κ2) is 5.68. The summed E-state index contributed by atoms with van der Waals surface area (Å²) in [6.45, 7) is 5.00. The van der Waals surface area contributed by atoms with Crippen LogP contribution < -0.4 is 5.32 Å². The Labute approximate surface area is 117 Å². The molecule has 1 saturated heterocycles. The maximum Gasteiger partial charge on any atom is 0.128 e. The first-order valence-electron chi connectivity index (χ1n) is 6.38. The minimum absolute atomic E-state index is 0.119. The lowest BCUT2D eigenvalue weighted by Gasteiger charge is -2.39. The lowest BCUT2D eigenvalue weighted by atomic mass is 9.90. The zero-order chi connectivity index (χ0) is 13.2. The first-order valence-corrected chi connectivity index (χ1v) is 7.17. The van der Waals surface area contributed by atoms with Crippen molar-refractivity contribution in [3.05, 3.63) is 34.1 Å². The van der Waals surface area contributed by atoms with Gasteiger partial charge in [0.05, 0.1) is 0 Å². The molecular formula is C14H20BrFN2. The molecule has 0 unspecified atom stereocenters. The summed E-state index contributed by atoms with van der Waals surface area (Å²) in [6.07, 6.45) is 2.23. The van der Waals surface area contributed by atoms with Crippen molar-refractivity contribution in [3.8, 4) is 0 Å². The van der Waals surface area contributed by atoms with Crippen LogP contribution in [0.2, 0.25) is 0 Å². The van der Waals surface area contributed by atoms with Gasteiger partial charge in [0.15, 0.2) is 0 Å². The normalized spacial score (nSPS) is 20.0. The number of halogens is 2. The lowest BCUT2D eigenvalue weighted by molar-refractivity contribution is 0.145. The van der Waals surface area contributed by atoms with Gasteiger partial charge in [-0.25, -0.2) is 4.39 Å². The summed E-state index contributed by atoms with van der Waals surface area (Å²) in [7, 11) is 2.02. The predicted molar refractivity (Wildman–Crippen MR) is 76.1 cm³/mol. The van der Waals surface area contributed by atoms with Gasteiger partial charge < -0.3 is 5.32 Å². The van der Waals surface area contributed by atoms with E-state index in [0.717, 1.165) is 36.0 Å². The predicted octanol–water partition coefficient (Wildman–Crippen LogP) is 3.16. The van der Waals surface area contributed by atoms with Gasteiger partial charge in [-0.15, -0.1) is 0 Å². The molecule has 0 aromatic heterocycles. The monoisotopic (exact) mass is 314 g/mol. The van der Waals surface area contributed by atoms with E-state index in [1.54, 1.807) is 0 Å². The second-order valence-corrected chi connectivity index (χ2v) is 6.24. The molecule has 0 aliphatic carbocycles. The number of hydrogen-bond acceptors (Lipinski definition) is 2. The number of hydrogen-bond donors (Lipinski definition) is 1. The highest BCUT2D eigenvalue weighted by atomic mass is 79.9. The molecule has 1 aromatic rings. The van der Waals surface area contributed by atoms with Gasteiger partial charge in [-0.3, -0.25) is 4.90 Å². The standard InChI is InChI=1S/C14H20BrFN2/c1-14(17-2)5-7-18(8-6-14)10-11-3-4-12(15)9-13(11)16/h3-4,9,17H,5-8,10H2,1-2H3. The van der Waals surface area contributed by atoms with Crippen LogP contribution >= 0.6 is 15.9 Å². The molecule has 0 saturated carbocycles. The molecule has 0 amide bonds. The van der Waals surface area contributed by atoms with Crippen LogP contribution in [0.1, 0.15) is 25.3 Å². The van der Waals surface area contributed by atoms with Crippen molar-refractivity contribution >= 4 is 15.9 Å². The molecule has 2 nitrogen and oxygen atoms in total. The van der Waals surface area contributed by atoms with Crippen molar-refractivity contribution in [2.75, 3.05) is 20.1 Å². The first-order chi connectivity index (χ1) is 8.52. The molecular weight excluding hydrogens is 295 g/mol. The van der Waals surface area contributed by atoms with Crippen molar-refractivity contribution in [2.45, 2.75) is 31.8 Å². The summed E-state index contributed by atoms with van der Waals surface area (Å²) in [5.41, 5.74) is 1.03. The van der Waals surface area contributed by atoms with Crippen LogP contribution in [-0.4, -0.2) is 30.6 Å². The van der Waals surface area contributed by atoms with E-state index in [9.17, 15) is 4.39 Å². The van der Waals surface area contributed by atoms with E-state index < -0.39 is 0 Å². The third-order valence-electron chi connectivity index (χ3n) is 3.97. The summed E-state index contributed by atoms with van der Waals surface area (Å²) in [5, 5.41) is 3.38. The van der Waals surface area contributed by atoms with Gasteiger partial charge in [0.25, 0.3) is 0 Å². The lowest BCUT2D eigenvalue weighted by Crippen LogP contribution is -2.49. The van der Waals surface area contributed by atoms with Crippen molar-refractivity contribution in [1.29, 1.82) is 0 Å². The van der Waals surface area contributed by atoms with Crippen LogP contribution in [0.15, 0.2) is 22.7 Å². The van der Waals surface area contributed by atoms with E-state index in [4.69, 9.17) is 0 Å². The molecule has 0 radical (unpaired) electrons. The van der Waals surface area contributed by atoms with Crippen molar-refractivity contribution in [2.24, 2.45) is 0 Å². The smallest absolute Gasteiger partial charge is 0.128 e. The highest BCUT2D eigenvalue weighted by Crippen LogP contribution is 2.23. The average molecular weight is 315 g/mol. The molecule has 100 valence electrons. The quantitative estimate of drug-likeness (QED) is 0.922. The fraction of sp³-hybridized carbons (Fsp3) is 0.571. The van der Waals surface area contributed by atoms with E-state index in [2.05, 4.69) is 33.1 Å². The van der Waals surface area contributed by atoms with Gasteiger partial charge in [-0.1, -0.05) is 22.0 Å². The van der Waals surface area contributed by atoms with Crippen LogP contribution in [0.25, 0.3) is 0 Å². The average Bonchev–Trinajstić information content (AvgIpc) is 2.36. The summed E-state index contributed by atoms with van der Waals surface area (Å²) >= 11 is 3.28. The van der Waals surface area contributed by atoms with Gasteiger partial charge in [-0.2, -0.15) is 0 Å². The third kappa shape index (κ3) is 3.31. The maximum absolute atomic E-state index is 13.8. The number of rotatable bonds is 3. The molecule has 18 heavy (non-hydrogen) atoms. The SMILES string of the molecule is CNC1(C)CCN(Cc2ccc(Br)cc2F)CC1. The summed E-state index contributed by atoms with van der Waals surface area (Å²) < 4.78 is 14.6. The van der Waals surface area contributed by atoms with E-state index in [1.807, 2.05) is 19.2 Å². The van der Waals surface area contributed by atoms with E-state index in [1.165, 1.54) is 6.07 Å². The zero-order valence-electron chi connectivity index (χ0n) is 11.0. The molecule has 0 bridgehead atoms. The van der Waals surface area contributed by atoms with Crippen LogP contribution in [0.5, 0.6) is 0 Å². The molecule has 0 atom stereocenters. The Hall–Kier alpha value is -0.450. The molecule has 4 heteroatoms. The third-order valence-corrected chi connectivity index (χ3v) is 4.47. The Morgan fingerprint density at radius 3 is 2.61 bits per heavy atom. The van der Waals surface area contributed by atoms with E-state index in [0.29, 0.717) is 6.54 Å². The fourth-order valence-corrected chi connectivity index (χ4v) is 2.68. The van der Waals surface area contributed by atoms with Crippen LogP contribution in [0.3, 0.4) is 0 Å². The highest BCUT2D eigenvalue weighted by Gasteiger charge is 2.28. The highest BCUT2D eigenvalue weighted by molar-refractivity contribution is 9.10. The topological polar surface area (TPSA) is 15.3 Å². The minimum atomic E-state index is -0.119. The Morgan fingerprint density at radius 1 is 1.39 bits per heavy atom. The molecule has 2 rings (SSSR count). The van der Waals surface area contributed by atoms with E-state index in [-0.39, 0.29) is 11.4 Å². The fourth-order valence-electron chi connectivity index (χ4n) is 2.35. The van der Waals surface area contributed by atoms with Crippen LogP contribution in [0.4, 0.5) is 4.39 Å². The number of nitrogens with one attached hydrogen (secondary N) is 1. The summed E-state index contributed by atoms with van der Waals surface area (Å²) in [4.78, 5) is 2.32. The molecule has 1 N–H and O–H groups in total. The number of nitrogens with zero attached hydrogens (tertiary/aromatic N) is 1. The molecule has 1 aliphatic rings. The number of benzene rings is 1. The van der Waals surface area contributed by atoms with Gasteiger partial charge in [0.2, 0.25) is 0 Å². The van der Waals surface area contributed by atoms with Gasteiger partial charge in [-0.05, 0) is 38.9 Å².